The standard InChI is InChI=1S/C11H14Cl2N2O4/c12-10(13)11(18)14-8(5-16)9(17)6-1-3-7(15-19)4-2-6/h1-4,8-10,15-17,19H,5H2,(H,14,18). The van der Waals surface area contributed by atoms with Gasteiger partial charge in [-0.15, -0.1) is 0 Å². The van der Waals surface area contributed by atoms with E-state index >= 15 is 0 Å². The van der Waals surface area contributed by atoms with E-state index in [1.54, 1.807) is 0 Å². The lowest BCUT2D eigenvalue weighted by Gasteiger charge is -2.23. The number of alkyl halides is 2. The number of aliphatic hydroxyl groups excluding tert-OH is 2. The molecule has 6 nitrogen and oxygen atoms in total. The fourth-order valence-electron chi connectivity index (χ4n) is 1.46. The first-order chi connectivity index (χ1) is 8.99. The van der Waals surface area contributed by atoms with Gasteiger partial charge in [-0.2, -0.15) is 0 Å². The molecule has 0 fully saturated rings. The number of carbonyl (C=O) groups is 1. The van der Waals surface area contributed by atoms with E-state index in [9.17, 15) is 15.0 Å². The number of carbonyl (C=O) groups excluding carboxylic acids is 1. The quantitative estimate of drug-likeness (QED) is 0.395. The maximum absolute atomic E-state index is 11.3. The number of aliphatic hydroxyl groups is 2. The van der Waals surface area contributed by atoms with Crippen LogP contribution in [0.5, 0.6) is 0 Å². The average Bonchev–Trinajstić information content (AvgIpc) is 2.43. The minimum absolute atomic E-state index is 0.446. The predicted molar refractivity (Wildman–Crippen MR) is 71.3 cm³/mol. The third-order valence-electron chi connectivity index (χ3n) is 2.48. The van der Waals surface area contributed by atoms with Crippen LogP contribution in [0.2, 0.25) is 0 Å². The summed E-state index contributed by atoms with van der Waals surface area (Å²) in [5.41, 5.74) is 2.85. The Morgan fingerprint density at radius 2 is 1.84 bits per heavy atom. The fraction of sp³-hybridized carbons (Fsp3) is 0.364. The number of nitrogens with one attached hydrogen (secondary N) is 2. The van der Waals surface area contributed by atoms with Crippen LogP contribution in [0.15, 0.2) is 24.3 Å². The summed E-state index contributed by atoms with van der Waals surface area (Å²) in [6, 6.07) is 5.20. The van der Waals surface area contributed by atoms with Crippen LogP contribution < -0.4 is 10.8 Å². The highest BCUT2D eigenvalue weighted by Crippen LogP contribution is 2.19. The Morgan fingerprint density at radius 1 is 1.26 bits per heavy atom. The van der Waals surface area contributed by atoms with E-state index in [-0.39, 0.29) is 0 Å². The molecule has 1 rings (SSSR count). The van der Waals surface area contributed by atoms with Crippen molar-refractivity contribution in [3.63, 3.8) is 0 Å². The van der Waals surface area contributed by atoms with Gasteiger partial charge in [-0.1, -0.05) is 35.3 Å². The van der Waals surface area contributed by atoms with Crippen molar-refractivity contribution < 1.29 is 20.2 Å². The zero-order valence-corrected chi connectivity index (χ0v) is 11.3. The van der Waals surface area contributed by atoms with Gasteiger partial charge in [-0.3, -0.25) is 15.5 Å². The molecule has 1 aromatic carbocycles. The Labute approximate surface area is 119 Å². The molecule has 0 aliphatic heterocycles. The van der Waals surface area contributed by atoms with Gasteiger partial charge in [0.05, 0.1) is 18.3 Å². The molecule has 8 heteroatoms. The Bertz CT molecular complexity index is 414. The second-order valence-electron chi connectivity index (χ2n) is 3.78. The smallest absolute Gasteiger partial charge is 0.253 e. The first-order valence-corrected chi connectivity index (χ1v) is 6.24. The van der Waals surface area contributed by atoms with Gasteiger partial charge in [0.15, 0.2) is 4.84 Å². The summed E-state index contributed by atoms with van der Waals surface area (Å²) in [5, 5.41) is 30.2. The third kappa shape index (κ3) is 4.52. The van der Waals surface area contributed by atoms with E-state index in [0.29, 0.717) is 11.3 Å². The van der Waals surface area contributed by atoms with Crippen LogP contribution in [-0.4, -0.2) is 38.8 Å². The molecule has 1 aromatic rings. The summed E-state index contributed by atoms with van der Waals surface area (Å²) >= 11 is 10.7. The van der Waals surface area contributed by atoms with Crippen molar-refractivity contribution in [3.05, 3.63) is 29.8 Å². The molecule has 2 unspecified atom stereocenters. The van der Waals surface area contributed by atoms with Crippen LogP contribution in [-0.2, 0) is 4.79 Å². The van der Waals surface area contributed by atoms with E-state index in [1.165, 1.54) is 24.3 Å². The van der Waals surface area contributed by atoms with Crippen LogP contribution in [0.3, 0.4) is 0 Å². The van der Waals surface area contributed by atoms with E-state index in [1.807, 2.05) is 5.48 Å². The van der Waals surface area contributed by atoms with Crippen molar-refractivity contribution in [3.8, 4) is 0 Å². The number of amides is 1. The fourth-order valence-corrected chi connectivity index (χ4v) is 1.58. The largest absolute Gasteiger partial charge is 0.394 e. The first-order valence-electron chi connectivity index (χ1n) is 5.37. The van der Waals surface area contributed by atoms with Crippen molar-refractivity contribution in [2.75, 3.05) is 12.1 Å². The van der Waals surface area contributed by atoms with Gasteiger partial charge in [0.1, 0.15) is 6.10 Å². The van der Waals surface area contributed by atoms with Gasteiger partial charge < -0.3 is 15.5 Å². The molecule has 0 bridgehead atoms. The monoisotopic (exact) mass is 308 g/mol. The Hall–Kier alpha value is -1.05. The van der Waals surface area contributed by atoms with Gasteiger partial charge in [0.25, 0.3) is 5.91 Å². The number of halogens is 2. The Kier molecular flexibility index (Phi) is 6.33. The lowest BCUT2D eigenvalue weighted by molar-refractivity contribution is -0.121. The van der Waals surface area contributed by atoms with E-state index in [0.717, 1.165) is 0 Å². The minimum atomic E-state index is -1.28. The summed E-state index contributed by atoms with van der Waals surface area (Å²) in [6.07, 6.45) is -1.13. The summed E-state index contributed by atoms with van der Waals surface area (Å²) in [4.78, 5) is 10.0. The lowest BCUT2D eigenvalue weighted by atomic mass is 10.0. The second-order valence-corrected chi connectivity index (χ2v) is 4.87. The van der Waals surface area contributed by atoms with Crippen molar-refractivity contribution in [2.45, 2.75) is 17.0 Å². The van der Waals surface area contributed by atoms with Crippen LogP contribution in [0, 0.1) is 0 Å². The normalized spacial score (nSPS) is 14.0. The molecule has 0 radical (unpaired) electrons. The second kappa shape index (κ2) is 7.52. The molecule has 0 saturated carbocycles. The molecule has 1 amide bonds. The van der Waals surface area contributed by atoms with Crippen LogP contribution >= 0.6 is 23.2 Å². The maximum Gasteiger partial charge on any atom is 0.253 e. The highest BCUT2D eigenvalue weighted by molar-refractivity contribution is 6.53. The summed E-state index contributed by atoms with van der Waals surface area (Å²) in [6.45, 7) is -0.479. The lowest BCUT2D eigenvalue weighted by Crippen LogP contribution is -2.44. The summed E-state index contributed by atoms with van der Waals surface area (Å²) in [7, 11) is 0. The highest BCUT2D eigenvalue weighted by atomic mass is 35.5. The third-order valence-corrected chi connectivity index (χ3v) is 2.88. The minimum Gasteiger partial charge on any atom is -0.394 e. The first kappa shape index (κ1) is 16.0. The SMILES string of the molecule is O=C(NC(CO)C(O)c1ccc(NO)cc1)C(Cl)Cl. The number of rotatable bonds is 6. The Morgan fingerprint density at radius 3 is 2.26 bits per heavy atom. The summed E-state index contributed by atoms with van der Waals surface area (Å²) < 4.78 is 0. The molecule has 5 N–H and O–H groups in total. The van der Waals surface area contributed by atoms with E-state index < -0.39 is 29.5 Å². The topological polar surface area (TPSA) is 102 Å². The van der Waals surface area contributed by atoms with Crippen molar-refractivity contribution >= 4 is 34.8 Å². The number of hydrogen-bond donors (Lipinski definition) is 5. The zero-order valence-electron chi connectivity index (χ0n) is 9.75. The van der Waals surface area contributed by atoms with E-state index in [4.69, 9.17) is 28.4 Å². The molecular formula is C11H14Cl2N2O4. The van der Waals surface area contributed by atoms with Gasteiger partial charge in [-0.25, -0.2) is 0 Å². The van der Waals surface area contributed by atoms with Crippen molar-refractivity contribution in [1.29, 1.82) is 0 Å². The van der Waals surface area contributed by atoms with E-state index in [2.05, 4.69) is 5.32 Å². The molecule has 0 aliphatic carbocycles. The van der Waals surface area contributed by atoms with Crippen molar-refractivity contribution in [2.24, 2.45) is 0 Å². The Balaban J connectivity index is 2.76. The van der Waals surface area contributed by atoms with Gasteiger partial charge in [0.2, 0.25) is 0 Å². The van der Waals surface area contributed by atoms with Gasteiger partial charge >= 0.3 is 0 Å². The molecular weight excluding hydrogens is 295 g/mol. The van der Waals surface area contributed by atoms with Crippen LogP contribution in [0.25, 0.3) is 0 Å². The predicted octanol–water partition coefficient (Wildman–Crippen LogP) is 0.802. The van der Waals surface area contributed by atoms with Crippen LogP contribution in [0.4, 0.5) is 5.69 Å². The molecule has 19 heavy (non-hydrogen) atoms. The molecule has 0 heterocycles. The molecule has 106 valence electrons. The number of benzene rings is 1. The summed E-state index contributed by atoms with van der Waals surface area (Å²) in [5.74, 6) is -0.699. The van der Waals surface area contributed by atoms with Crippen molar-refractivity contribution in [1.82, 2.24) is 5.32 Å². The number of hydrogen-bond acceptors (Lipinski definition) is 5. The van der Waals surface area contributed by atoms with Gasteiger partial charge in [-0.05, 0) is 17.7 Å². The molecule has 0 saturated heterocycles. The number of anilines is 1. The maximum atomic E-state index is 11.3. The molecule has 0 spiro atoms. The van der Waals surface area contributed by atoms with Crippen LogP contribution in [0.1, 0.15) is 11.7 Å². The zero-order chi connectivity index (χ0) is 14.4. The van der Waals surface area contributed by atoms with Gasteiger partial charge in [0, 0.05) is 0 Å². The highest BCUT2D eigenvalue weighted by Gasteiger charge is 2.24. The molecule has 2 atom stereocenters. The molecule has 0 aromatic heterocycles. The average molecular weight is 309 g/mol. The molecule has 0 aliphatic rings.